The van der Waals surface area contributed by atoms with Crippen LogP contribution >= 0.6 is 0 Å². The van der Waals surface area contributed by atoms with Crippen LogP contribution in [0.4, 0.5) is 11.6 Å². The number of para-hydroxylation sites is 1. The predicted octanol–water partition coefficient (Wildman–Crippen LogP) is 2.98. The molecule has 0 bridgehead atoms. The number of rotatable bonds is 3. The summed E-state index contributed by atoms with van der Waals surface area (Å²) < 4.78 is 0. The van der Waals surface area contributed by atoms with Crippen molar-refractivity contribution < 1.29 is 4.79 Å². The maximum atomic E-state index is 12.3. The third-order valence-electron chi connectivity index (χ3n) is 4.09. The number of hydrogen-bond acceptors (Lipinski definition) is 5. The molecule has 0 unspecified atom stereocenters. The SMILES string of the molecule is N#Cc1ccccc1NC(=O)c1cnc(N2CCCCCC2)nc1. The first-order valence-corrected chi connectivity index (χ1v) is 8.15. The average Bonchev–Trinajstić information content (AvgIpc) is 2.92. The van der Waals surface area contributed by atoms with Gasteiger partial charge in [0.25, 0.3) is 5.91 Å². The second-order valence-corrected chi connectivity index (χ2v) is 5.78. The summed E-state index contributed by atoms with van der Waals surface area (Å²) in [5.74, 6) is 0.353. The Morgan fingerprint density at radius 2 is 1.75 bits per heavy atom. The first-order chi connectivity index (χ1) is 11.8. The van der Waals surface area contributed by atoms with Gasteiger partial charge in [-0.2, -0.15) is 5.26 Å². The predicted molar refractivity (Wildman–Crippen MR) is 91.8 cm³/mol. The van der Waals surface area contributed by atoms with Crippen LogP contribution in [0.5, 0.6) is 0 Å². The van der Waals surface area contributed by atoms with Crippen molar-refractivity contribution >= 4 is 17.5 Å². The van der Waals surface area contributed by atoms with E-state index in [-0.39, 0.29) is 5.91 Å². The van der Waals surface area contributed by atoms with Crippen LogP contribution in [0.3, 0.4) is 0 Å². The normalized spacial score (nSPS) is 14.5. The number of nitriles is 1. The molecule has 0 spiro atoms. The molecule has 1 fully saturated rings. The molecular weight excluding hydrogens is 302 g/mol. The molecule has 6 heteroatoms. The summed E-state index contributed by atoms with van der Waals surface area (Å²) in [5, 5.41) is 11.8. The lowest BCUT2D eigenvalue weighted by molar-refractivity contribution is 0.102. The number of hydrogen-bond donors (Lipinski definition) is 1. The van der Waals surface area contributed by atoms with Crippen LogP contribution in [0.15, 0.2) is 36.7 Å². The molecule has 3 rings (SSSR count). The average molecular weight is 321 g/mol. The highest BCUT2D eigenvalue weighted by Crippen LogP contribution is 2.17. The molecule has 0 atom stereocenters. The molecule has 122 valence electrons. The van der Waals surface area contributed by atoms with E-state index in [2.05, 4.69) is 26.3 Å². The van der Waals surface area contributed by atoms with Gasteiger partial charge >= 0.3 is 0 Å². The van der Waals surface area contributed by atoms with E-state index in [1.54, 1.807) is 24.3 Å². The summed E-state index contributed by atoms with van der Waals surface area (Å²) in [6, 6.07) is 8.95. The lowest BCUT2D eigenvalue weighted by Crippen LogP contribution is -2.26. The first-order valence-electron chi connectivity index (χ1n) is 8.15. The van der Waals surface area contributed by atoms with Gasteiger partial charge in [-0.05, 0) is 25.0 Å². The van der Waals surface area contributed by atoms with Gasteiger partial charge in [0.05, 0.1) is 16.8 Å². The molecule has 0 radical (unpaired) electrons. The zero-order valence-corrected chi connectivity index (χ0v) is 13.4. The Hall–Kier alpha value is -2.94. The Bertz CT molecular complexity index is 743. The zero-order chi connectivity index (χ0) is 16.8. The summed E-state index contributed by atoms with van der Waals surface area (Å²) in [7, 11) is 0. The van der Waals surface area contributed by atoms with Crippen molar-refractivity contribution in [3.05, 3.63) is 47.8 Å². The topological polar surface area (TPSA) is 81.9 Å². The van der Waals surface area contributed by atoms with Crippen molar-refractivity contribution in [2.45, 2.75) is 25.7 Å². The summed E-state index contributed by atoms with van der Waals surface area (Å²) >= 11 is 0. The smallest absolute Gasteiger partial charge is 0.258 e. The molecule has 2 heterocycles. The number of anilines is 2. The van der Waals surface area contributed by atoms with E-state index in [0.29, 0.717) is 22.8 Å². The fraction of sp³-hybridized carbons (Fsp3) is 0.333. The number of nitrogens with zero attached hydrogens (tertiary/aromatic N) is 4. The molecule has 1 saturated heterocycles. The van der Waals surface area contributed by atoms with Gasteiger partial charge in [0, 0.05) is 25.5 Å². The largest absolute Gasteiger partial charge is 0.341 e. The van der Waals surface area contributed by atoms with Crippen LogP contribution in [-0.2, 0) is 0 Å². The van der Waals surface area contributed by atoms with Gasteiger partial charge in [-0.25, -0.2) is 9.97 Å². The minimum atomic E-state index is -0.319. The van der Waals surface area contributed by atoms with E-state index in [1.165, 1.54) is 25.2 Å². The van der Waals surface area contributed by atoms with E-state index >= 15 is 0 Å². The number of carbonyl (C=O) groups excluding carboxylic acids is 1. The van der Waals surface area contributed by atoms with Gasteiger partial charge < -0.3 is 10.2 Å². The number of carbonyl (C=O) groups is 1. The molecule has 1 aromatic heterocycles. The quantitative estimate of drug-likeness (QED) is 0.940. The molecule has 0 aliphatic carbocycles. The monoisotopic (exact) mass is 321 g/mol. The summed E-state index contributed by atoms with van der Waals surface area (Å²) in [6.45, 7) is 1.92. The molecule has 24 heavy (non-hydrogen) atoms. The van der Waals surface area contributed by atoms with Gasteiger partial charge in [-0.1, -0.05) is 25.0 Å². The Morgan fingerprint density at radius 1 is 1.08 bits per heavy atom. The van der Waals surface area contributed by atoms with Crippen molar-refractivity contribution in [2.75, 3.05) is 23.3 Å². The van der Waals surface area contributed by atoms with Crippen molar-refractivity contribution in [1.82, 2.24) is 9.97 Å². The number of benzene rings is 1. The molecule has 1 aliphatic heterocycles. The summed E-state index contributed by atoms with van der Waals surface area (Å²) in [6.07, 6.45) is 7.87. The van der Waals surface area contributed by atoms with Crippen molar-refractivity contribution in [1.29, 1.82) is 5.26 Å². The highest BCUT2D eigenvalue weighted by Gasteiger charge is 2.14. The van der Waals surface area contributed by atoms with E-state index in [0.717, 1.165) is 25.9 Å². The van der Waals surface area contributed by atoms with Crippen LogP contribution in [0.2, 0.25) is 0 Å². The minimum absolute atomic E-state index is 0.319. The molecule has 0 saturated carbocycles. The standard InChI is InChI=1S/C18H19N5O/c19-11-14-7-3-4-8-16(14)22-17(24)15-12-20-18(21-13-15)23-9-5-1-2-6-10-23/h3-4,7-8,12-13H,1-2,5-6,9-10H2,(H,22,24). The summed E-state index contributed by atoms with van der Waals surface area (Å²) in [4.78, 5) is 23.2. The third kappa shape index (κ3) is 3.69. The number of aromatic nitrogens is 2. The number of amides is 1. The van der Waals surface area contributed by atoms with Crippen LogP contribution in [0.1, 0.15) is 41.6 Å². The van der Waals surface area contributed by atoms with Gasteiger partial charge in [0.1, 0.15) is 6.07 Å². The number of nitrogens with one attached hydrogen (secondary N) is 1. The third-order valence-corrected chi connectivity index (χ3v) is 4.09. The molecule has 2 aromatic rings. The minimum Gasteiger partial charge on any atom is -0.341 e. The Balaban J connectivity index is 1.71. The van der Waals surface area contributed by atoms with Crippen LogP contribution in [-0.4, -0.2) is 29.0 Å². The van der Waals surface area contributed by atoms with Crippen molar-refractivity contribution in [2.24, 2.45) is 0 Å². The van der Waals surface area contributed by atoms with Gasteiger partial charge in [0.15, 0.2) is 0 Å². The fourth-order valence-corrected chi connectivity index (χ4v) is 2.76. The van der Waals surface area contributed by atoms with E-state index in [4.69, 9.17) is 5.26 Å². The lowest BCUT2D eigenvalue weighted by Gasteiger charge is -2.19. The zero-order valence-electron chi connectivity index (χ0n) is 13.4. The fourth-order valence-electron chi connectivity index (χ4n) is 2.76. The second-order valence-electron chi connectivity index (χ2n) is 5.78. The molecule has 1 aliphatic rings. The highest BCUT2D eigenvalue weighted by molar-refractivity contribution is 6.04. The maximum Gasteiger partial charge on any atom is 0.258 e. The Kier molecular flexibility index (Phi) is 5.02. The van der Waals surface area contributed by atoms with E-state index in [9.17, 15) is 4.79 Å². The Morgan fingerprint density at radius 3 is 2.42 bits per heavy atom. The van der Waals surface area contributed by atoms with E-state index in [1.807, 2.05) is 0 Å². The Labute approximate surface area is 141 Å². The highest BCUT2D eigenvalue weighted by atomic mass is 16.1. The molecule has 1 amide bonds. The van der Waals surface area contributed by atoms with Crippen LogP contribution in [0.25, 0.3) is 0 Å². The van der Waals surface area contributed by atoms with Crippen molar-refractivity contribution in [3.63, 3.8) is 0 Å². The van der Waals surface area contributed by atoms with Gasteiger partial charge in [0.2, 0.25) is 5.95 Å². The maximum absolute atomic E-state index is 12.3. The van der Waals surface area contributed by atoms with Crippen molar-refractivity contribution in [3.8, 4) is 6.07 Å². The van der Waals surface area contributed by atoms with Gasteiger partial charge in [-0.3, -0.25) is 4.79 Å². The second kappa shape index (κ2) is 7.55. The molecule has 1 N–H and O–H groups in total. The molecular formula is C18H19N5O. The van der Waals surface area contributed by atoms with E-state index < -0.39 is 0 Å². The molecule has 1 aromatic carbocycles. The molecule has 6 nitrogen and oxygen atoms in total. The lowest BCUT2D eigenvalue weighted by atomic mass is 10.2. The summed E-state index contributed by atoms with van der Waals surface area (Å²) in [5.41, 5.74) is 1.29. The first kappa shape index (κ1) is 15.9. The van der Waals surface area contributed by atoms with Crippen LogP contribution < -0.4 is 10.2 Å². The van der Waals surface area contributed by atoms with Gasteiger partial charge in [-0.15, -0.1) is 0 Å². The van der Waals surface area contributed by atoms with Crippen LogP contribution in [0, 0.1) is 11.3 Å².